The quantitative estimate of drug-likeness (QED) is 0.786. The molecule has 2 rings (SSSR count). The zero-order valence-corrected chi connectivity index (χ0v) is 12.5. The number of aryl methyl sites for hydroxylation is 1. The molecule has 0 spiro atoms. The Morgan fingerprint density at radius 1 is 1.32 bits per heavy atom. The first-order valence-electron chi connectivity index (χ1n) is 6.33. The molecule has 0 amide bonds. The second-order valence-electron chi connectivity index (χ2n) is 4.66. The molecule has 5 nitrogen and oxygen atoms in total. The first-order valence-corrected chi connectivity index (χ1v) is 7.21. The number of rotatable bonds is 7. The van der Waals surface area contributed by atoms with Crippen molar-refractivity contribution in [3.8, 4) is 0 Å². The van der Waals surface area contributed by atoms with Crippen LogP contribution in [0.4, 0.5) is 5.82 Å². The van der Waals surface area contributed by atoms with Crippen molar-refractivity contribution < 1.29 is 4.74 Å². The Balaban J connectivity index is 1.82. The summed E-state index contributed by atoms with van der Waals surface area (Å²) in [5.41, 5.74) is 2.24. The number of aromatic nitrogens is 2. The second-order valence-corrected chi connectivity index (χ2v) is 5.54. The van der Waals surface area contributed by atoms with E-state index >= 15 is 0 Å². The Kier molecular flexibility index (Phi) is 5.07. The normalized spacial score (nSPS) is 11.4. The van der Waals surface area contributed by atoms with E-state index < -0.39 is 0 Å². The first-order chi connectivity index (χ1) is 9.18. The van der Waals surface area contributed by atoms with Gasteiger partial charge in [0.25, 0.3) is 0 Å². The van der Waals surface area contributed by atoms with Crippen LogP contribution in [0.3, 0.4) is 0 Å². The van der Waals surface area contributed by atoms with Gasteiger partial charge in [-0.15, -0.1) is 11.3 Å². The standard InChI is InChI=1S/C13H20N4OS/c1-10-8-19-12-11(10)15-9-16-13(12)14-4-6-18-7-5-17(2)3/h8-9H,4-7H2,1-3H3,(H,14,15,16). The van der Waals surface area contributed by atoms with E-state index in [1.165, 1.54) is 5.56 Å². The smallest absolute Gasteiger partial charge is 0.147 e. The number of hydrogen-bond acceptors (Lipinski definition) is 6. The van der Waals surface area contributed by atoms with Crippen molar-refractivity contribution in [2.45, 2.75) is 6.92 Å². The van der Waals surface area contributed by atoms with Crippen LogP contribution in [0.15, 0.2) is 11.7 Å². The molecule has 0 saturated heterocycles. The maximum atomic E-state index is 5.54. The lowest BCUT2D eigenvalue weighted by Gasteiger charge is -2.10. The Morgan fingerprint density at radius 3 is 2.95 bits per heavy atom. The van der Waals surface area contributed by atoms with Crippen molar-refractivity contribution in [3.63, 3.8) is 0 Å². The molecule has 0 radical (unpaired) electrons. The molecule has 0 aliphatic rings. The monoisotopic (exact) mass is 280 g/mol. The fraction of sp³-hybridized carbons (Fsp3) is 0.538. The Morgan fingerprint density at radius 2 is 2.16 bits per heavy atom. The van der Waals surface area contributed by atoms with Crippen LogP contribution >= 0.6 is 11.3 Å². The van der Waals surface area contributed by atoms with Crippen molar-refractivity contribution in [2.24, 2.45) is 0 Å². The van der Waals surface area contributed by atoms with Crippen LogP contribution in [0.25, 0.3) is 10.2 Å². The highest BCUT2D eigenvalue weighted by Crippen LogP contribution is 2.28. The predicted octanol–water partition coefficient (Wildman–Crippen LogP) is 1.99. The van der Waals surface area contributed by atoms with Gasteiger partial charge in [0.15, 0.2) is 0 Å². The fourth-order valence-corrected chi connectivity index (χ4v) is 2.65. The van der Waals surface area contributed by atoms with Crippen LogP contribution in [0.5, 0.6) is 0 Å². The van der Waals surface area contributed by atoms with Crippen LogP contribution in [0, 0.1) is 6.92 Å². The highest BCUT2D eigenvalue weighted by molar-refractivity contribution is 7.18. The molecule has 0 saturated carbocycles. The van der Waals surface area contributed by atoms with E-state index in [1.807, 2.05) is 14.1 Å². The van der Waals surface area contributed by atoms with Gasteiger partial charge in [-0.25, -0.2) is 9.97 Å². The van der Waals surface area contributed by atoms with E-state index in [4.69, 9.17) is 4.74 Å². The average molecular weight is 280 g/mol. The summed E-state index contributed by atoms with van der Waals surface area (Å²) in [4.78, 5) is 10.7. The predicted molar refractivity (Wildman–Crippen MR) is 80.0 cm³/mol. The van der Waals surface area contributed by atoms with Gasteiger partial charge in [0.1, 0.15) is 12.1 Å². The van der Waals surface area contributed by atoms with Crippen molar-refractivity contribution in [1.29, 1.82) is 0 Å². The molecule has 6 heteroatoms. The van der Waals surface area contributed by atoms with Gasteiger partial charge in [0, 0.05) is 13.1 Å². The molecule has 104 valence electrons. The van der Waals surface area contributed by atoms with E-state index in [0.717, 1.165) is 35.7 Å². The number of hydrogen-bond donors (Lipinski definition) is 1. The first kappa shape index (κ1) is 14.2. The van der Waals surface area contributed by atoms with Gasteiger partial charge >= 0.3 is 0 Å². The molecule has 0 atom stereocenters. The third-order valence-electron chi connectivity index (χ3n) is 2.75. The summed E-state index contributed by atoms with van der Waals surface area (Å²) < 4.78 is 6.66. The molecule has 0 bridgehead atoms. The average Bonchev–Trinajstić information content (AvgIpc) is 2.76. The molecule has 0 aromatic carbocycles. The number of likely N-dealkylation sites (N-methyl/N-ethyl adjacent to an activating group) is 1. The molecule has 0 aliphatic carbocycles. The summed E-state index contributed by atoms with van der Waals surface area (Å²) in [6.45, 7) is 5.22. The van der Waals surface area contributed by atoms with Crippen LogP contribution in [0.2, 0.25) is 0 Å². The fourth-order valence-electron chi connectivity index (χ4n) is 1.69. The number of anilines is 1. The second kappa shape index (κ2) is 6.79. The van der Waals surface area contributed by atoms with Gasteiger partial charge in [-0.3, -0.25) is 0 Å². The van der Waals surface area contributed by atoms with Crippen molar-refractivity contribution in [3.05, 3.63) is 17.3 Å². The number of nitrogens with zero attached hydrogens (tertiary/aromatic N) is 3. The zero-order chi connectivity index (χ0) is 13.7. The van der Waals surface area contributed by atoms with Gasteiger partial charge < -0.3 is 15.0 Å². The lowest BCUT2D eigenvalue weighted by atomic mass is 10.3. The molecule has 2 aromatic rings. The minimum Gasteiger partial charge on any atom is -0.378 e. The van der Waals surface area contributed by atoms with Crippen LogP contribution in [-0.2, 0) is 4.74 Å². The minimum atomic E-state index is 0.684. The molecule has 0 aliphatic heterocycles. The Labute approximate surface area is 117 Å². The Bertz CT molecular complexity index is 526. The maximum Gasteiger partial charge on any atom is 0.147 e. The molecule has 1 N–H and O–H groups in total. The number of thiophene rings is 1. The van der Waals surface area contributed by atoms with Crippen LogP contribution in [-0.4, -0.2) is 55.3 Å². The molecule has 19 heavy (non-hydrogen) atoms. The van der Waals surface area contributed by atoms with Crippen LogP contribution in [0.1, 0.15) is 5.56 Å². The largest absolute Gasteiger partial charge is 0.378 e. The maximum absolute atomic E-state index is 5.54. The van der Waals surface area contributed by atoms with E-state index in [0.29, 0.717) is 6.61 Å². The zero-order valence-electron chi connectivity index (χ0n) is 11.6. The van der Waals surface area contributed by atoms with Crippen molar-refractivity contribution in [1.82, 2.24) is 14.9 Å². The van der Waals surface area contributed by atoms with E-state index in [1.54, 1.807) is 17.7 Å². The van der Waals surface area contributed by atoms with Gasteiger partial charge in [-0.05, 0) is 32.0 Å². The highest BCUT2D eigenvalue weighted by Gasteiger charge is 2.07. The summed E-state index contributed by atoms with van der Waals surface area (Å²) in [5.74, 6) is 0.902. The van der Waals surface area contributed by atoms with Gasteiger partial charge in [-0.2, -0.15) is 0 Å². The summed E-state index contributed by atoms with van der Waals surface area (Å²) >= 11 is 1.68. The third-order valence-corrected chi connectivity index (χ3v) is 3.85. The third kappa shape index (κ3) is 3.86. The van der Waals surface area contributed by atoms with E-state index in [2.05, 4.69) is 32.5 Å². The SMILES string of the molecule is Cc1csc2c(NCCOCCN(C)C)ncnc12. The molecule has 0 unspecified atom stereocenters. The summed E-state index contributed by atoms with van der Waals surface area (Å²) in [7, 11) is 4.08. The van der Waals surface area contributed by atoms with E-state index in [9.17, 15) is 0 Å². The van der Waals surface area contributed by atoms with Gasteiger partial charge in [0.2, 0.25) is 0 Å². The lowest BCUT2D eigenvalue weighted by Crippen LogP contribution is -2.20. The summed E-state index contributed by atoms with van der Waals surface area (Å²) in [6, 6.07) is 0. The molecular formula is C13H20N4OS. The minimum absolute atomic E-state index is 0.684. The molecule has 2 aromatic heterocycles. The highest BCUT2D eigenvalue weighted by atomic mass is 32.1. The van der Waals surface area contributed by atoms with Crippen molar-refractivity contribution >= 4 is 27.4 Å². The van der Waals surface area contributed by atoms with Crippen molar-refractivity contribution in [2.75, 3.05) is 45.7 Å². The van der Waals surface area contributed by atoms with Gasteiger partial charge in [-0.1, -0.05) is 0 Å². The Hall–Kier alpha value is -1.24. The van der Waals surface area contributed by atoms with Gasteiger partial charge in [0.05, 0.1) is 23.4 Å². The number of nitrogens with one attached hydrogen (secondary N) is 1. The lowest BCUT2D eigenvalue weighted by molar-refractivity contribution is 0.126. The summed E-state index contributed by atoms with van der Waals surface area (Å²) in [6.07, 6.45) is 1.61. The number of fused-ring (bicyclic) bond motifs is 1. The molecule has 0 fully saturated rings. The molecule has 2 heterocycles. The summed E-state index contributed by atoms with van der Waals surface area (Å²) in [5, 5.41) is 5.42. The molecular weight excluding hydrogens is 260 g/mol. The van der Waals surface area contributed by atoms with E-state index in [-0.39, 0.29) is 0 Å². The number of ether oxygens (including phenoxy) is 1. The van der Waals surface area contributed by atoms with Crippen LogP contribution < -0.4 is 5.32 Å². The topological polar surface area (TPSA) is 50.3 Å².